The van der Waals surface area contributed by atoms with Gasteiger partial charge in [-0.15, -0.1) is 13.5 Å². The highest BCUT2D eigenvalue weighted by Gasteiger charge is 2.45. The summed E-state index contributed by atoms with van der Waals surface area (Å²) < 4.78 is 96.3. The van der Waals surface area contributed by atoms with E-state index < -0.39 is 69.5 Å². The minimum Gasteiger partial charge on any atom is -0.468 e. The second kappa shape index (κ2) is 22.4. The summed E-state index contributed by atoms with van der Waals surface area (Å²) in [6.45, 7) is -3.65. The van der Waals surface area contributed by atoms with Gasteiger partial charge in [-0.2, -0.15) is 4.72 Å². The van der Waals surface area contributed by atoms with Gasteiger partial charge in [0.15, 0.2) is 4.90 Å². The highest BCUT2D eigenvalue weighted by Crippen LogP contribution is 2.81. The first kappa shape index (κ1) is 50.1. The first-order chi connectivity index (χ1) is 31.5. The molecule has 0 saturated heterocycles. The van der Waals surface area contributed by atoms with E-state index in [9.17, 15) is 43.6 Å². The number of para-hydroxylation sites is 1. The Morgan fingerprint density at radius 1 is 0.682 bits per heavy atom. The third kappa shape index (κ3) is 13.6. The lowest BCUT2D eigenvalue weighted by Gasteiger charge is -2.31. The lowest BCUT2D eigenvalue weighted by atomic mass is 10.1. The van der Waals surface area contributed by atoms with Crippen molar-refractivity contribution in [3.63, 3.8) is 0 Å². The number of sulfonamides is 1. The van der Waals surface area contributed by atoms with Crippen LogP contribution in [0.3, 0.4) is 0 Å². The van der Waals surface area contributed by atoms with Crippen molar-refractivity contribution in [2.75, 3.05) is 60.0 Å². The first-order valence-electron chi connectivity index (χ1n) is 19.2. The molecule has 2 unspecified atom stereocenters. The number of hydrogen-bond acceptors (Lipinski definition) is 21. The number of nitrogens with one attached hydrogen (secondary N) is 1. The minimum absolute atomic E-state index is 0.00599. The quantitative estimate of drug-likeness (QED) is 0.0507. The Hall–Kier alpha value is -5.36. The number of nitro groups is 3. The maximum absolute atomic E-state index is 13.4. The number of esters is 1. The lowest BCUT2D eigenvalue weighted by Crippen LogP contribution is -2.43. The number of nitrogens with zero attached hydrogens (tertiary/aromatic N) is 6. The molecule has 6 rings (SSSR count). The van der Waals surface area contributed by atoms with E-state index in [0.29, 0.717) is 5.56 Å². The number of carbonyl (C=O) groups is 1. The summed E-state index contributed by atoms with van der Waals surface area (Å²) in [6.07, 6.45) is -0.300. The molecule has 30 heteroatoms. The topological polar surface area (TPSA) is 313 Å². The summed E-state index contributed by atoms with van der Waals surface area (Å²) in [5.74, 6) is -1.05. The van der Waals surface area contributed by atoms with E-state index in [2.05, 4.69) is 13.8 Å². The Kier molecular flexibility index (Phi) is 17.0. The molecule has 0 radical (unpaired) electrons. The highest BCUT2D eigenvalue weighted by molar-refractivity contribution is 7.94. The van der Waals surface area contributed by atoms with Gasteiger partial charge in [-0.1, -0.05) is 24.3 Å². The van der Waals surface area contributed by atoms with Crippen LogP contribution in [0.1, 0.15) is 5.56 Å². The average molecular weight is 1020 g/mol. The molecule has 0 spiro atoms. The maximum Gasteiger partial charge on any atom is 0.457 e. The molecule has 25 nitrogen and oxygen atoms in total. The molecule has 0 aromatic heterocycles. The summed E-state index contributed by atoms with van der Waals surface area (Å²) in [5, 5.41) is 34.6. The molecule has 0 aliphatic carbocycles. The number of methoxy groups -OCH3 is 1. The van der Waals surface area contributed by atoms with Gasteiger partial charge in [0.2, 0.25) is 10.0 Å². The fraction of sp³-hybridized carbons (Fsp3) is 0.306. The van der Waals surface area contributed by atoms with Gasteiger partial charge in [-0.05, 0) is 65.7 Å². The van der Waals surface area contributed by atoms with E-state index in [0.717, 1.165) is 43.5 Å². The van der Waals surface area contributed by atoms with E-state index in [1.54, 1.807) is 0 Å². The summed E-state index contributed by atoms with van der Waals surface area (Å²) in [5.41, 5.74) is -0.895. The Labute approximate surface area is 380 Å². The van der Waals surface area contributed by atoms with Crippen LogP contribution in [0, 0.1) is 30.3 Å². The number of halogens is 1. The fourth-order valence-corrected chi connectivity index (χ4v) is 17.2. The standard InChI is InChI=1S/C36H39ClN7O18P3S/c1-54-36(45)33(38-66(52,53)35-5-3-2-4-34(35)44(50)51)26-27-6-12-30(13-7-27)60-64-39-63(37,58-24-22-56-20-18-55-19-21-57-23-25-59-64)40-65(41-64,61-31-14-8-28(9-15-31)42(46)47)62-32-16-10-29(11-17-32)43(48)49/h2-17,33,38H,18-26H2,1H3/t33-,63?,64?/m0/s1. The van der Waals surface area contributed by atoms with Crippen LogP contribution in [-0.4, -0.2) is 95.2 Å². The van der Waals surface area contributed by atoms with Crippen LogP contribution < -0.4 is 18.3 Å². The van der Waals surface area contributed by atoms with Crippen molar-refractivity contribution in [2.24, 2.45) is 13.5 Å². The van der Waals surface area contributed by atoms with E-state index in [1.807, 2.05) is 0 Å². The third-order valence-electron chi connectivity index (χ3n) is 8.65. The predicted molar refractivity (Wildman–Crippen MR) is 236 cm³/mol. The van der Waals surface area contributed by atoms with Crippen molar-refractivity contribution >= 4 is 66.4 Å². The first-order valence-corrected chi connectivity index (χ1v) is 26.2. The van der Waals surface area contributed by atoms with Crippen LogP contribution in [0.4, 0.5) is 17.1 Å². The van der Waals surface area contributed by atoms with Crippen LogP contribution in [0.5, 0.6) is 17.2 Å². The van der Waals surface area contributed by atoms with E-state index in [-0.39, 0.29) is 87.9 Å². The molecule has 4 aromatic rings. The SMILES string of the molecule is COC(=O)[C@H](Cc1ccc(OP23=NP(Oc4ccc([N+](=O)[O-])cc4)(Oc4ccc([N+](=O)[O-])cc4)=NP(Cl)(=N2)OCCOCCOCCOCCO3)cc1)NS(=O)(=O)c1ccccc1[N+](=O)[O-]. The van der Waals surface area contributed by atoms with E-state index in [1.165, 1.54) is 60.7 Å². The van der Waals surface area contributed by atoms with Crippen molar-refractivity contribution in [1.82, 2.24) is 4.72 Å². The van der Waals surface area contributed by atoms with Crippen molar-refractivity contribution < 1.29 is 69.5 Å². The van der Waals surface area contributed by atoms with E-state index in [4.69, 9.17) is 57.3 Å². The normalized spacial score (nSPS) is 20.7. The van der Waals surface area contributed by atoms with Gasteiger partial charge < -0.3 is 37.0 Å². The molecular formula is C36H39ClN7O18P3S. The zero-order chi connectivity index (χ0) is 47.4. The number of nitro benzene ring substituents is 3. The van der Waals surface area contributed by atoms with Gasteiger partial charge >= 0.3 is 28.1 Å². The molecule has 0 amide bonds. The lowest BCUT2D eigenvalue weighted by molar-refractivity contribution is -0.387. The van der Waals surface area contributed by atoms with Crippen molar-refractivity contribution in [3.05, 3.63) is 133 Å². The second-order valence-electron chi connectivity index (χ2n) is 13.3. The summed E-state index contributed by atoms with van der Waals surface area (Å²) >= 11 is 7.19. The van der Waals surface area contributed by atoms with Gasteiger partial charge in [0.1, 0.15) is 23.3 Å². The molecule has 0 saturated carbocycles. The average Bonchev–Trinajstić information content (AvgIpc) is 3.27. The van der Waals surface area contributed by atoms with Gasteiger partial charge in [0, 0.05) is 30.3 Å². The largest absolute Gasteiger partial charge is 0.468 e. The van der Waals surface area contributed by atoms with Crippen molar-refractivity contribution in [1.29, 1.82) is 0 Å². The Balaban J connectivity index is 1.42. The Morgan fingerprint density at radius 2 is 1.17 bits per heavy atom. The third-order valence-corrected chi connectivity index (χ3v) is 19.4. The Bertz CT molecular complexity index is 2640. The van der Waals surface area contributed by atoms with Gasteiger partial charge in [-0.25, -0.2) is 8.42 Å². The van der Waals surface area contributed by atoms with Gasteiger partial charge in [0.05, 0.1) is 74.7 Å². The molecule has 2 aliphatic heterocycles. The number of carbonyl (C=O) groups excluding carboxylic acids is 1. The molecule has 66 heavy (non-hydrogen) atoms. The van der Waals surface area contributed by atoms with Crippen LogP contribution in [0.2, 0.25) is 0 Å². The number of benzene rings is 4. The van der Waals surface area contributed by atoms with Gasteiger partial charge in [0.25, 0.3) is 17.1 Å². The number of non-ortho nitro benzene ring substituents is 2. The fourth-order valence-electron chi connectivity index (χ4n) is 5.70. The smallest absolute Gasteiger partial charge is 0.457 e. The molecule has 4 aromatic carbocycles. The molecule has 354 valence electrons. The molecule has 3 atom stereocenters. The van der Waals surface area contributed by atoms with E-state index >= 15 is 0 Å². The van der Waals surface area contributed by atoms with Crippen LogP contribution in [0.15, 0.2) is 116 Å². The molecule has 1 N–H and O–H groups in total. The summed E-state index contributed by atoms with van der Waals surface area (Å²) in [7, 11) is -12.2. The monoisotopic (exact) mass is 1020 g/mol. The molecular weight excluding hydrogens is 979 g/mol. The molecule has 2 bridgehead atoms. The molecule has 2 heterocycles. The van der Waals surface area contributed by atoms with Crippen LogP contribution in [0.25, 0.3) is 0 Å². The number of fused-ring (bicyclic) bond motifs is 1. The molecule has 0 fully saturated rings. The zero-order valence-electron chi connectivity index (χ0n) is 34.3. The maximum atomic E-state index is 13.4. The summed E-state index contributed by atoms with van der Waals surface area (Å²) in [4.78, 5) is 44.7. The van der Waals surface area contributed by atoms with Crippen molar-refractivity contribution in [2.45, 2.75) is 17.4 Å². The number of ether oxygens (including phenoxy) is 4. The van der Waals surface area contributed by atoms with Crippen LogP contribution >= 0.6 is 33.3 Å². The number of rotatable bonds is 15. The predicted octanol–water partition coefficient (Wildman–Crippen LogP) is 8.20. The minimum atomic E-state index is -4.64. The molecule has 2 aliphatic rings. The van der Waals surface area contributed by atoms with Gasteiger partial charge in [-0.3, -0.25) is 39.7 Å². The second-order valence-corrected chi connectivity index (χ2v) is 22.4. The Morgan fingerprint density at radius 3 is 1.68 bits per heavy atom. The zero-order valence-corrected chi connectivity index (χ0v) is 38.6. The van der Waals surface area contributed by atoms with Crippen LogP contribution in [-0.2, 0) is 49.2 Å². The number of hydrogen-bond donors (Lipinski definition) is 1. The summed E-state index contributed by atoms with van der Waals surface area (Å²) in [6, 6.07) is 18.5. The highest BCUT2D eigenvalue weighted by atomic mass is 35.7. The van der Waals surface area contributed by atoms with Crippen molar-refractivity contribution in [3.8, 4) is 17.2 Å².